The Balaban J connectivity index is 1.59. The molecule has 6 rings (SSSR count). The maximum Gasteiger partial charge on any atom is 0.123 e. The highest BCUT2D eigenvalue weighted by molar-refractivity contribution is 6.07. The Bertz CT molecular complexity index is 1730. The zero-order chi connectivity index (χ0) is 25.4. The van der Waals surface area contributed by atoms with Crippen molar-refractivity contribution in [1.82, 2.24) is 0 Å². The molecule has 2 N–H and O–H groups in total. The van der Waals surface area contributed by atoms with Crippen LogP contribution in [0.25, 0.3) is 55.3 Å². The Morgan fingerprint density at radius 1 is 0.405 bits per heavy atom. The van der Waals surface area contributed by atoms with Gasteiger partial charge in [0.15, 0.2) is 0 Å². The molecule has 0 aliphatic heterocycles. The first kappa shape index (κ1) is 22.6. The second-order valence-corrected chi connectivity index (χ2v) is 9.36. The molecule has 0 fully saturated rings. The molecule has 37 heavy (non-hydrogen) atoms. The average Bonchev–Trinajstić information content (AvgIpc) is 2.94. The zero-order valence-electron chi connectivity index (χ0n) is 20.5. The highest BCUT2D eigenvalue weighted by Gasteiger charge is 2.16. The molecular formula is C35H26O2. The Morgan fingerprint density at radius 3 is 1.65 bits per heavy atom. The minimum absolute atomic E-state index is 0.261. The summed E-state index contributed by atoms with van der Waals surface area (Å²) in [6.45, 7) is 2.04. The molecular weight excluding hydrogens is 452 g/mol. The summed E-state index contributed by atoms with van der Waals surface area (Å²) in [4.78, 5) is 0. The highest BCUT2D eigenvalue weighted by atomic mass is 16.3. The molecule has 0 amide bonds. The van der Waals surface area contributed by atoms with Crippen LogP contribution in [0, 0.1) is 6.92 Å². The monoisotopic (exact) mass is 478 g/mol. The average molecular weight is 479 g/mol. The van der Waals surface area contributed by atoms with Crippen molar-refractivity contribution >= 4 is 10.8 Å². The number of fused-ring (bicyclic) bond motifs is 1. The van der Waals surface area contributed by atoms with Gasteiger partial charge < -0.3 is 10.2 Å². The smallest absolute Gasteiger partial charge is 0.123 e. The molecule has 6 aromatic rings. The van der Waals surface area contributed by atoms with E-state index in [4.69, 9.17) is 0 Å². The summed E-state index contributed by atoms with van der Waals surface area (Å²) in [5.74, 6) is 0.538. The van der Waals surface area contributed by atoms with Crippen molar-refractivity contribution in [2.45, 2.75) is 6.92 Å². The van der Waals surface area contributed by atoms with Gasteiger partial charge in [-0.3, -0.25) is 0 Å². The molecule has 0 bridgehead atoms. The molecule has 0 aromatic heterocycles. The quantitative estimate of drug-likeness (QED) is 0.265. The molecule has 0 heterocycles. The summed E-state index contributed by atoms with van der Waals surface area (Å²) < 4.78 is 0. The fraction of sp³-hybridized carbons (Fsp3) is 0.0286. The van der Waals surface area contributed by atoms with Gasteiger partial charge >= 0.3 is 0 Å². The largest absolute Gasteiger partial charge is 0.507 e. The molecule has 0 saturated heterocycles. The molecule has 6 aromatic carbocycles. The summed E-state index contributed by atoms with van der Waals surface area (Å²) >= 11 is 0. The van der Waals surface area contributed by atoms with Crippen molar-refractivity contribution in [2.24, 2.45) is 0 Å². The van der Waals surface area contributed by atoms with E-state index in [-0.39, 0.29) is 11.5 Å². The molecule has 0 radical (unpaired) electrons. The minimum Gasteiger partial charge on any atom is -0.507 e. The lowest BCUT2D eigenvalue weighted by atomic mass is 9.87. The third kappa shape index (κ3) is 4.13. The van der Waals surface area contributed by atoms with Crippen molar-refractivity contribution in [2.75, 3.05) is 0 Å². The summed E-state index contributed by atoms with van der Waals surface area (Å²) in [6, 6.07) is 42.4. The van der Waals surface area contributed by atoms with Crippen molar-refractivity contribution in [1.29, 1.82) is 0 Å². The first-order valence-electron chi connectivity index (χ1n) is 12.4. The lowest BCUT2D eigenvalue weighted by Crippen LogP contribution is -1.91. The van der Waals surface area contributed by atoms with Crippen LogP contribution in [0.3, 0.4) is 0 Å². The number of benzene rings is 6. The molecule has 0 unspecified atom stereocenters. The van der Waals surface area contributed by atoms with Crippen LogP contribution in [-0.2, 0) is 0 Å². The van der Waals surface area contributed by atoms with E-state index in [0.717, 1.165) is 60.8 Å². The van der Waals surface area contributed by atoms with Crippen LogP contribution in [0.5, 0.6) is 11.5 Å². The van der Waals surface area contributed by atoms with E-state index in [9.17, 15) is 10.2 Å². The number of aryl methyl sites for hydroxylation is 1. The summed E-state index contributed by atoms with van der Waals surface area (Å²) in [5, 5.41) is 23.7. The van der Waals surface area contributed by atoms with Crippen LogP contribution in [0.2, 0.25) is 0 Å². The Kier molecular flexibility index (Phi) is 5.71. The van der Waals surface area contributed by atoms with Gasteiger partial charge in [0.1, 0.15) is 11.5 Å². The van der Waals surface area contributed by atoms with Crippen molar-refractivity contribution < 1.29 is 10.2 Å². The third-order valence-corrected chi connectivity index (χ3v) is 7.01. The van der Waals surface area contributed by atoms with E-state index in [1.165, 1.54) is 0 Å². The van der Waals surface area contributed by atoms with Gasteiger partial charge in [0.25, 0.3) is 0 Å². The normalized spacial score (nSPS) is 11.1. The second kappa shape index (κ2) is 9.33. The van der Waals surface area contributed by atoms with Gasteiger partial charge in [-0.1, -0.05) is 103 Å². The molecule has 2 nitrogen and oxygen atoms in total. The number of phenolic OH excluding ortho intramolecular Hbond substituents is 2. The molecule has 178 valence electrons. The second-order valence-electron chi connectivity index (χ2n) is 9.36. The lowest BCUT2D eigenvalue weighted by molar-refractivity contribution is 0.476. The van der Waals surface area contributed by atoms with Gasteiger partial charge in [-0.05, 0) is 80.9 Å². The number of aromatic hydroxyl groups is 2. The number of rotatable bonds is 4. The van der Waals surface area contributed by atoms with E-state index < -0.39 is 0 Å². The minimum atomic E-state index is 0.261. The molecule has 2 heteroatoms. The number of hydrogen-bond donors (Lipinski definition) is 2. The van der Waals surface area contributed by atoms with Crippen LogP contribution in [0.4, 0.5) is 0 Å². The van der Waals surface area contributed by atoms with E-state index in [2.05, 4.69) is 48.5 Å². The predicted octanol–water partition coefficient (Wildman–Crippen LogP) is 9.23. The number of phenols is 2. The third-order valence-electron chi connectivity index (χ3n) is 7.01. The molecule has 0 atom stereocenters. The van der Waals surface area contributed by atoms with E-state index in [1.54, 1.807) is 6.07 Å². The van der Waals surface area contributed by atoms with Crippen LogP contribution >= 0.6 is 0 Å². The first-order valence-corrected chi connectivity index (χ1v) is 12.4. The fourth-order valence-electron chi connectivity index (χ4n) is 5.19. The van der Waals surface area contributed by atoms with E-state index in [0.29, 0.717) is 0 Å². The van der Waals surface area contributed by atoms with Gasteiger partial charge in [-0.15, -0.1) is 0 Å². The maximum atomic E-state index is 10.8. The van der Waals surface area contributed by atoms with Gasteiger partial charge in [0.05, 0.1) is 0 Å². The van der Waals surface area contributed by atoms with Crippen molar-refractivity contribution in [3.63, 3.8) is 0 Å². The van der Waals surface area contributed by atoms with Crippen LogP contribution in [0.15, 0.2) is 127 Å². The standard InChI is InChI=1S/C35H26O2/c1-23-20-34(37)32(25-12-6-3-7-13-25)22-30(23)29-17-9-15-26-14-8-16-28(35(26)29)27-18-19-33(36)31(21-27)24-10-4-2-5-11-24/h2-22,36-37H,1H3. The molecule has 0 spiro atoms. The zero-order valence-corrected chi connectivity index (χ0v) is 20.5. The van der Waals surface area contributed by atoms with E-state index in [1.807, 2.05) is 79.7 Å². The highest BCUT2D eigenvalue weighted by Crippen LogP contribution is 2.42. The van der Waals surface area contributed by atoms with E-state index >= 15 is 0 Å². The Labute approximate surface area is 216 Å². The molecule has 0 aliphatic rings. The topological polar surface area (TPSA) is 40.5 Å². The van der Waals surface area contributed by atoms with Crippen LogP contribution < -0.4 is 0 Å². The summed E-state index contributed by atoms with van der Waals surface area (Å²) in [5.41, 5.74) is 8.90. The van der Waals surface area contributed by atoms with Crippen LogP contribution in [-0.4, -0.2) is 10.2 Å². The van der Waals surface area contributed by atoms with Crippen molar-refractivity contribution in [3.05, 3.63) is 133 Å². The van der Waals surface area contributed by atoms with Gasteiger partial charge in [-0.25, -0.2) is 0 Å². The summed E-state index contributed by atoms with van der Waals surface area (Å²) in [6.07, 6.45) is 0. The van der Waals surface area contributed by atoms with Crippen molar-refractivity contribution in [3.8, 4) is 56.0 Å². The fourth-order valence-corrected chi connectivity index (χ4v) is 5.19. The summed E-state index contributed by atoms with van der Waals surface area (Å²) in [7, 11) is 0. The SMILES string of the molecule is Cc1cc(O)c(-c2ccccc2)cc1-c1cccc2cccc(-c3ccc(O)c(-c4ccccc4)c3)c12. The number of hydrogen-bond acceptors (Lipinski definition) is 2. The first-order chi connectivity index (χ1) is 18.1. The Hall–Kier alpha value is -4.82. The lowest BCUT2D eigenvalue weighted by Gasteiger charge is -2.17. The maximum absolute atomic E-state index is 10.8. The van der Waals surface area contributed by atoms with Gasteiger partial charge in [0.2, 0.25) is 0 Å². The Morgan fingerprint density at radius 2 is 1.00 bits per heavy atom. The predicted molar refractivity (Wildman–Crippen MR) is 154 cm³/mol. The van der Waals surface area contributed by atoms with Gasteiger partial charge in [0, 0.05) is 11.1 Å². The van der Waals surface area contributed by atoms with Crippen LogP contribution in [0.1, 0.15) is 5.56 Å². The van der Waals surface area contributed by atoms with Gasteiger partial charge in [-0.2, -0.15) is 0 Å². The molecule has 0 aliphatic carbocycles. The molecule has 0 saturated carbocycles.